The zero-order valence-electron chi connectivity index (χ0n) is 20.3. The highest BCUT2D eigenvalue weighted by atomic mass is 18.2. The van der Waals surface area contributed by atoms with Crippen LogP contribution >= 0.6 is 0 Å². The molecule has 1 aliphatic heterocycles. The van der Waals surface area contributed by atoms with Gasteiger partial charge in [-0.1, -0.05) is 30.3 Å². The summed E-state index contributed by atoms with van der Waals surface area (Å²) in [6.07, 6.45) is 0.348. The minimum absolute atomic E-state index is 0.00411. The summed E-state index contributed by atoms with van der Waals surface area (Å²) < 4.78 is 23.2. The number of piperazine rings is 1. The van der Waals surface area contributed by atoms with Crippen LogP contribution in [0.3, 0.4) is 0 Å². The molecular formula is C29H31FN2O4. The van der Waals surface area contributed by atoms with Crippen LogP contribution < -0.4 is 14.4 Å². The molecule has 188 valence electrons. The van der Waals surface area contributed by atoms with Gasteiger partial charge in [0, 0.05) is 50.3 Å². The van der Waals surface area contributed by atoms with Crippen molar-refractivity contribution in [3.8, 4) is 11.5 Å². The number of carbonyl (C=O) groups is 2. The summed E-state index contributed by atoms with van der Waals surface area (Å²) >= 11 is 0. The second-order valence-electron chi connectivity index (χ2n) is 8.62. The molecule has 0 N–H and O–H groups in total. The number of hydrogen-bond donors (Lipinski definition) is 0. The van der Waals surface area contributed by atoms with Gasteiger partial charge in [0.25, 0.3) is 0 Å². The first kappa shape index (κ1) is 25.2. The highest BCUT2D eigenvalue weighted by molar-refractivity contribution is 5.98. The van der Waals surface area contributed by atoms with Gasteiger partial charge in [-0.2, -0.15) is 0 Å². The number of ether oxygens (including phenoxy) is 2. The predicted molar refractivity (Wildman–Crippen MR) is 137 cm³/mol. The van der Waals surface area contributed by atoms with Crippen LogP contribution in [0.5, 0.6) is 11.5 Å². The van der Waals surface area contributed by atoms with Gasteiger partial charge >= 0.3 is 0 Å². The summed E-state index contributed by atoms with van der Waals surface area (Å²) in [5.41, 5.74) is 2.75. The first-order chi connectivity index (χ1) is 17.6. The zero-order valence-corrected chi connectivity index (χ0v) is 20.3. The summed E-state index contributed by atoms with van der Waals surface area (Å²) in [7, 11) is 0. The van der Waals surface area contributed by atoms with Gasteiger partial charge in [-0.05, 0) is 54.1 Å². The summed E-state index contributed by atoms with van der Waals surface area (Å²) in [6, 6.07) is 24.7. The van der Waals surface area contributed by atoms with Crippen LogP contribution in [0.1, 0.15) is 28.8 Å². The molecule has 0 aromatic heterocycles. The number of alkyl halides is 1. The highest BCUT2D eigenvalue weighted by Gasteiger charge is 2.22. The number of rotatable bonds is 11. The van der Waals surface area contributed by atoms with Crippen molar-refractivity contribution >= 4 is 17.4 Å². The first-order valence-electron chi connectivity index (χ1n) is 12.2. The number of ketones is 1. The van der Waals surface area contributed by atoms with Crippen LogP contribution in [0, 0.1) is 0 Å². The summed E-state index contributed by atoms with van der Waals surface area (Å²) in [6.45, 7) is 2.69. The van der Waals surface area contributed by atoms with Crippen LogP contribution in [-0.2, 0) is 11.4 Å². The van der Waals surface area contributed by atoms with E-state index in [1.165, 1.54) is 0 Å². The molecule has 0 aliphatic carbocycles. The Bertz CT molecular complexity index is 1110. The van der Waals surface area contributed by atoms with Crippen molar-refractivity contribution in [2.75, 3.05) is 44.4 Å². The van der Waals surface area contributed by atoms with Crippen molar-refractivity contribution in [3.63, 3.8) is 0 Å². The molecule has 6 nitrogen and oxygen atoms in total. The van der Waals surface area contributed by atoms with E-state index in [0.717, 1.165) is 30.1 Å². The second-order valence-corrected chi connectivity index (χ2v) is 8.62. The number of nitrogens with zero attached hydrogens (tertiary/aromatic N) is 2. The number of amides is 1. The van der Waals surface area contributed by atoms with Gasteiger partial charge in [0.15, 0.2) is 5.78 Å². The third kappa shape index (κ3) is 7.07. The van der Waals surface area contributed by atoms with E-state index >= 15 is 0 Å². The molecule has 4 rings (SSSR count). The second kappa shape index (κ2) is 12.7. The Morgan fingerprint density at radius 3 is 2.06 bits per heavy atom. The van der Waals surface area contributed by atoms with Crippen molar-refractivity contribution in [1.82, 2.24) is 4.90 Å². The number of hydrogen-bond acceptors (Lipinski definition) is 5. The molecule has 3 aromatic rings. The van der Waals surface area contributed by atoms with E-state index < -0.39 is 6.67 Å². The smallest absolute Gasteiger partial charge is 0.223 e. The topological polar surface area (TPSA) is 59.1 Å². The molecule has 0 saturated carbocycles. The minimum Gasteiger partial charge on any atom is -0.491 e. The number of Topliss-reactive ketones (excluding diaryl/α,β-unsaturated/α-hetero) is 1. The lowest BCUT2D eigenvalue weighted by Gasteiger charge is -2.36. The Hall–Kier alpha value is -3.87. The third-order valence-electron chi connectivity index (χ3n) is 6.17. The van der Waals surface area contributed by atoms with Gasteiger partial charge in [-0.25, -0.2) is 4.39 Å². The zero-order chi connectivity index (χ0) is 25.2. The van der Waals surface area contributed by atoms with Crippen LogP contribution in [0.25, 0.3) is 0 Å². The van der Waals surface area contributed by atoms with Crippen LogP contribution in [0.4, 0.5) is 10.1 Å². The average molecular weight is 490 g/mol. The number of anilines is 1. The first-order valence-corrected chi connectivity index (χ1v) is 12.2. The molecule has 3 aromatic carbocycles. The molecule has 0 spiro atoms. The maximum Gasteiger partial charge on any atom is 0.223 e. The van der Waals surface area contributed by atoms with Crippen molar-refractivity contribution in [3.05, 3.63) is 90.0 Å². The molecule has 0 unspecified atom stereocenters. The summed E-state index contributed by atoms with van der Waals surface area (Å²) in [5.74, 6) is 1.25. The lowest BCUT2D eigenvalue weighted by molar-refractivity contribution is -0.131. The molecule has 1 saturated heterocycles. The fraction of sp³-hybridized carbons (Fsp3) is 0.310. The SMILES string of the molecule is O=C(CCC(=O)N1CCN(c2ccc(OCc3ccccc3)cc2)CC1)c1ccc(OCC[18F])cc1. The largest absolute Gasteiger partial charge is 0.491 e. The van der Waals surface area contributed by atoms with Gasteiger partial charge in [0.1, 0.15) is 31.4 Å². The maximum absolute atomic E-state index is 12.7. The van der Waals surface area contributed by atoms with E-state index in [0.29, 0.717) is 31.0 Å². The van der Waals surface area contributed by atoms with E-state index in [2.05, 4.69) is 4.90 Å². The van der Waals surface area contributed by atoms with E-state index in [4.69, 9.17) is 9.47 Å². The van der Waals surface area contributed by atoms with Gasteiger partial charge in [-0.15, -0.1) is 0 Å². The van der Waals surface area contributed by atoms with E-state index in [1.807, 2.05) is 59.5 Å². The molecule has 7 heteroatoms. The van der Waals surface area contributed by atoms with Crippen molar-refractivity contribution in [2.24, 2.45) is 0 Å². The van der Waals surface area contributed by atoms with Crippen LogP contribution in [0.2, 0.25) is 0 Å². The molecule has 1 aliphatic rings. The van der Waals surface area contributed by atoms with Crippen molar-refractivity contribution in [2.45, 2.75) is 19.4 Å². The Morgan fingerprint density at radius 1 is 0.750 bits per heavy atom. The van der Waals surface area contributed by atoms with E-state index in [1.54, 1.807) is 24.3 Å². The molecule has 36 heavy (non-hydrogen) atoms. The Kier molecular flexibility index (Phi) is 8.92. The summed E-state index contributed by atoms with van der Waals surface area (Å²) in [5, 5.41) is 0. The number of halogens is 1. The number of carbonyl (C=O) groups excluding carboxylic acids is 2. The quantitative estimate of drug-likeness (QED) is 0.358. The van der Waals surface area contributed by atoms with Gasteiger partial charge in [-0.3, -0.25) is 9.59 Å². The van der Waals surface area contributed by atoms with Gasteiger partial charge in [0.2, 0.25) is 5.91 Å². The summed E-state index contributed by atoms with van der Waals surface area (Å²) in [4.78, 5) is 29.2. The van der Waals surface area contributed by atoms with Crippen molar-refractivity contribution < 1.29 is 23.5 Å². The molecule has 1 heterocycles. The molecule has 0 atom stereocenters. The Morgan fingerprint density at radius 2 is 1.39 bits per heavy atom. The van der Waals surface area contributed by atoms with E-state index in [-0.39, 0.29) is 31.1 Å². The standard InChI is InChI=1S/C29H31FN2O4/c30-16-21-35-26-10-6-24(7-11-26)28(33)14-15-29(34)32-19-17-31(18-20-32)25-8-12-27(13-9-25)36-22-23-4-2-1-3-5-23/h1-13H,14-22H2/i30-1. The van der Waals surface area contributed by atoms with Gasteiger partial charge in [0.05, 0.1) is 0 Å². The minimum atomic E-state index is -0.562. The molecule has 1 amide bonds. The number of benzene rings is 3. The van der Waals surface area contributed by atoms with Crippen molar-refractivity contribution in [1.29, 1.82) is 0 Å². The highest BCUT2D eigenvalue weighted by Crippen LogP contribution is 2.22. The molecule has 1 fully saturated rings. The monoisotopic (exact) mass is 489 g/mol. The lowest BCUT2D eigenvalue weighted by atomic mass is 10.1. The molecule has 0 bridgehead atoms. The normalized spacial score (nSPS) is 13.4. The molecular weight excluding hydrogens is 458 g/mol. The van der Waals surface area contributed by atoms with E-state index in [9.17, 15) is 14.0 Å². The predicted octanol–water partition coefficient (Wildman–Crippen LogP) is 4.93. The van der Waals surface area contributed by atoms with Crippen LogP contribution in [-0.4, -0.2) is 56.1 Å². The Balaban J connectivity index is 1.19. The molecule has 0 radical (unpaired) electrons. The van der Waals surface area contributed by atoms with Crippen LogP contribution in [0.15, 0.2) is 78.9 Å². The fourth-order valence-electron chi connectivity index (χ4n) is 4.12. The third-order valence-corrected chi connectivity index (χ3v) is 6.17. The van der Waals surface area contributed by atoms with Gasteiger partial charge < -0.3 is 19.3 Å². The Labute approximate surface area is 211 Å². The average Bonchev–Trinajstić information content (AvgIpc) is 2.94. The maximum atomic E-state index is 12.7. The lowest BCUT2D eigenvalue weighted by Crippen LogP contribution is -2.48. The fourth-order valence-corrected chi connectivity index (χ4v) is 4.12.